The van der Waals surface area contributed by atoms with Crippen LogP contribution in [-0.2, 0) is 0 Å². The third kappa shape index (κ3) is 3.23. The Bertz CT molecular complexity index is 514. The number of non-ortho nitro benzene ring substituents is 1. The lowest BCUT2D eigenvalue weighted by molar-refractivity contribution is -0.384. The van der Waals surface area contributed by atoms with Crippen molar-refractivity contribution in [3.05, 3.63) is 32.8 Å². The van der Waals surface area contributed by atoms with E-state index in [2.05, 4.69) is 15.9 Å². The number of nitro groups is 1. The third-order valence-corrected chi connectivity index (χ3v) is 4.08. The summed E-state index contributed by atoms with van der Waals surface area (Å²) in [4.78, 5) is 11.9. The second-order valence-corrected chi connectivity index (χ2v) is 5.55. The topological polar surface area (TPSA) is 46.4 Å². The van der Waals surface area contributed by atoms with Gasteiger partial charge in [-0.2, -0.15) is 13.2 Å². The number of hydrogen-bond donors (Lipinski definition) is 0. The van der Waals surface area contributed by atoms with E-state index < -0.39 is 17.0 Å². The summed E-state index contributed by atoms with van der Waals surface area (Å²) in [6.07, 6.45) is -4.04. The monoisotopic (exact) mass is 352 g/mol. The minimum atomic E-state index is -4.14. The molecule has 0 unspecified atom stereocenters. The standard InChI is InChI=1S/C12H12BrF3N2O2/c13-10-7-9(18(19)20)1-2-11(10)17-5-3-8(4-6-17)12(14,15)16/h1-2,7-8H,3-6H2. The molecule has 1 aromatic carbocycles. The quantitative estimate of drug-likeness (QED) is 0.593. The van der Waals surface area contributed by atoms with Gasteiger partial charge in [0.25, 0.3) is 5.69 Å². The van der Waals surface area contributed by atoms with Gasteiger partial charge in [0.05, 0.1) is 16.5 Å². The first-order chi connectivity index (χ1) is 9.29. The molecule has 0 atom stereocenters. The Hall–Kier alpha value is -1.31. The van der Waals surface area contributed by atoms with Crippen molar-refractivity contribution in [2.45, 2.75) is 19.0 Å². The number of nitrogens with zero attached hydrogens (tertiary/aromatic N) is 2. The molecule has 0 radical (unpaired) electrons. The first kappa shape index (κ1) is 15.1. The van der Waals surface area contributed by atoms with Gasteiger partial charge in [0.2, 0.25) is 0 Å². The van der Waals surface area contributed by atoms with E-state index in [-0.39, 0.29) is 18.5 Å². The number of piperidine rings is 1. The van der Waals surface area contributed by atoms with Crippen LogP contribution in [0.1, 0.15) is 12.8 Å². The predicted octanol–water partition coefficient (Wildman–Crippen LogP) is 4.14. The highest BCUT2D eigenvalue weighted by atomic mass is 79.9. The summed E-state index contributed by atoms with van der Waals surface area (Å²) in [5.41, 5.74) is 0.641. The number of hydrogen-bond acceptors (Lipinski definition) is 3. The molecule has 1 aromatic rings. The maximum Gasteiger partial charge on any atom is 0.391 e. The van der Waals surface area contributed by atoms with Crippen LogP contribution < -0.4 is 4.90 Å². The van der Waals surface area contributed by atoms with E-state index in [9.17, 15) is 23.3 Å². The van der Waals surface area contributed by atoms with Gasteiger partial charge in [-0.05, 0) is 34.8 Å². The molecule has 0 spiro atoms. The Balaban J connectivity index is 2.09. The molecule has 0 aromatic heterocycles. The zero-order valence-electron chi connectivity index (χ0n) is 10.4. The summed E-state index contributed by atoms with van der Waals surface area (Å²) in [6.45, 7) is 0.584. The van der Waals surface area contributed by atoms with Crippen molar-refractivity contribution in [3.63, 3.8) is 0 Å². The Morgan fingerprint density at radius 2 is 1.90 bits per heavy atom. The molecule has 1 aliphatic rings. The molecular formula is C12H12BrF3N2O2. The molecule has 2 rings (SSSR count). The van der Waals surface area contributed by atoms with E-state index in [0.29, 0.717) is 23.2 Å². The van der Waals surface area contributed by atoms with Gasteiger partial charge >= 0.3 is 6.18 Å². The fraction of sp³-hybridized carbons (Fsp3) is 0.500. The van der Waals surface area contributed by atoms with Crippen LogP contribution in [0.2, 0.25) is 0 Å². The SMILES string of the molecule is O=[N+]([O-])c1ccc(N2CCC(C(F)(F)F)CC2)c(Br)c1. The van der Waals surface area contributed by atoms with Crippen molar-refractivity contribution in [2.75, 3.05) is 18.0 Å². The third-order valence-electron chi connectivity index (χ3n) is 3.44. The van der Waals surface area contributed by atoms with Crippen molar-refractivity contribution in [1.82, 2.24) is 0 Å². The molecular weight excluding hydrogens is 341 g/mol. The van der Waals surface area contributed by atoms with Gasteiger partial charge in [0, 0.05) is 29.7 Å². The van der Waals surface area contributed by atoms with Crippen LogP contribution in [0.4, 0.5) is 24.5 Å². The van der Waals surface area contributed by atoms with Gasteiger partial charge in [-0.25, -0.2) is 0 Å². The van der Waals surface area contributed by atoms with Crippen LogP contribution in [0.25, 0.3) is 0 Å². The highest BCUT2D eigenvalue weighted by molar-refractivity contribution is 9.10. The van der Waals surface area contributed by atoms with Crippen molar-refractivity contribution < 1.29 is 18.1 Å². The molecule has 1 heterocycles. The molecule has 110 valence electrons. The fourth-order valence-corrected chi connectivity index (χ4v) is 2.93. The Labute approximate surface area is 121 Å². The van der Waals surface area contributed by atoms with Crippen LogP contribution in [-0.4, -0.2) is 24.2 Å². The molecule has 0 bridgehead atoms. The molecule has 1 saturated heterocycles. The maximum atomic E-state index is 12.6. The second kappa shape index (κ2) is 5.59. The molecule has 4 nitrogen and oxygen atoms in total. The lowest BCUT2D eigenvalue weighted by atomic mass is 9.96. The summed E-state index contributed by atoms with van der Waals surface area (Å²) in [7, 11) is 0. The van der Waals surface area contributed by atoms with E-state index in [1.807, 2.05) is 4.90 Å². The summed E-state index contributed by atoms with van der Waals surface area (Å²) in [5.74, 6) is -1.25. The normalized spacial score (nSPS) is 17.3. The molecule has 8 heteroatoms. The largest absolute Gasteiger partial charge is 0.391 e. The van der Waals surface area contributed by atoms with E-state index in [4.69, 9.17) is 0 Å². The molecule has 0 saturated carbocycles. The summed E-state index contributed by atoms with van der Waals surface area (Å²) in [5, 5.41) is 10.6. The number of rotatable bonds is 2. The number of nitro benzene ring substituents is 1. The summed E-state index contributed by atoms with van der Waals surface area (Å²) >= 11 is 3.24. The summed E-state index contributed by atoms with van der Waals surface area (Å²) < 4.78 is 38.3. The van der Waals surface area contributed by atoms with Crippen LogP contribution in [0, 0.1) is 16.0 Å². The van der Waals surface area contributed by atoms with Crippen molar-refractivity contribution in [1.29, 1.82) is 0 Å². The maximum absolute atomic E-state index is 12.6. The summed E-state index contributed by atoms with van der Waals surface area (Å²) in [6, 6.07) is 4.29. The lowest BCUT2D eigenvalue weighted by Crippen LogP contribution is -2.39. The molecule has 1 aliphatic heterocycles. The second-order valence-electron chi connectivity index (χ2n) is 4.70. The molecule has 0 amide bonds. The van der Waals surface area contributed by atoms with Gasteiger partial charge < -0.3 is 4.90 Å². The van der Waals surface area contributed by atoms with Crippen LogP contribution in [0.15, 0.2) is 22.7 Å². The lowest BCUT2D eigenvalue weighted by Gasteiger charge is -2.34. The van der Waals surface area contributed by atoms with Crippen LogP contribution in [0.3, 0.4) is 0 Å². The number of benzene rings is 1. The van der Waals surface area contributed by atoms with E-state index in [1.165, 1.54) is 12.1 Å². The van der Waals surface area contributed by atoms with Crippen LogP contribution >= 0.6 is 15.9 Å². The van der Waals surface area contributed by atoms with E-state index >= 15 is 0 Å². The zero-order chi connectivity index (χ0) is 14.9. The molecule has 1 fully saturated rings. The van der Waals surface area contributed by atoms with Gasteiger partial charge in [0.15, 0.2) is 0 Å². The molecule has 0 N–H and O–H groups in total. The average molecular weight is 353 g/mol. The average Bonchev–Trinajstić information content (AvgIpc) is 2.37. The minimum absolute atomic E-state index is 0.0485. The first-order valence-corrected chi connectivity index (χ1v) is 6.84. The Kier molecular flexibility index (Phi) is 4.22. The van der Waals surface area contributed by atoms with Crippen LogP contribution in [0.5, 0.6) is 0 Å². The fourth-order valence-electron chi connectivity index (χ4n) is 2.31. The van der Waals surface area contributed by atoms with Crippen molar-refractivity contribution in [2.24, 2.45) is 5.92 Å². The Morgan fingerprint density at radius 1 is 1.30 bits per heavy atom. The minimum Gasteiger partial charge on any atom is -0.371 e. The molecule has 20 heavy (non-hydrogen) atoms. The Morgan fingerprint density at radius 3 is 2.35 bits per heavy atom. The van der Waals surface area contributed by atoms with Gasteiger partial charge in [0.1, 0.15) is 0 Å². The molecule has 0 aliphatic carbocycles. The highest BCUT2D eigenvalue weighted by Gasteiger charge is 2.41. The highest BCUT2D eigenvalue weighted by Crippen LogP contribution is 2.37. The van der Waals surface area contributed by atoms with Gasteiger partial charge in [-0.15, -0.1) is 0 Å². The zero-order valence-corrected chi connectivity index (χ0v) is 11.9. The predicted molar refractivity (Wildman–Crippen MR) is 71.8 cm³/mol. The number of alkyl halides is 3. The smallest absolute Gasteiger partial charge is 0.371 e. The van der Waals surface area contributed by atoms with E-state index in [0.717, 1.165) is 0 Å². The number of anilines is 1. The number of halogens is 4. The van der Waals surface area contributed by atoms with Gasteiger partial charge in [-0.3, -0.25) is 10.1 Å². The van der Waals surface area contributed by atoms with Crippen molar-refractivity contribution >= 4 is 27.3 Å². The van der Waals surface area contributed by atoms with Gasteiger partial charge in [-0.1, -0.05) is 0 Å². The van der Waals surface area contributed by atoms with Crippen molar-refractivity contribution in [3.8, 4) is 0 Å². The first-order valence-electron chi connectivity index (χ1n) is 6.04. The van der Waals surface area contributed by atoms with E-state index in [1.54, 1.807) is 6.07 Å².